The number of pyridine rings is 1. The summed E-state index contributed by atoms with van der Waals surface area (Å²) < 4.78 is 35.1. The van der Waals surface area contributed by atoms with Crippen LogP contribution in [0.3, 0.4) is 0 Å². The number of hydrogen-bond donors (Lipinski definition) is 0. The average Bonchev–Trinajstić information content (AvgIpc) is 3.75. The van der Waals surface area contributed by atoms with Gasteiger partial charge < -0.3 is 4.90 Å². The Morgan fingerprint density at radius 1 is 0.729 bits per heavy atom. The molecule has 8 heteroatoms. The van der Waals surface area contributed by atoms with Gasteiger partial charge in [-0.1, -0.05) is 46.4 Å². The Bertz CT molecular complexity index is 2120. The van der Waals surface area contributed by atoms with E-state index in [2.05, 4.69) is 19.6 Å². The molecule has 5 aromatic rings. The highest BCUT2D eigenvalue weighted by Crippen LogP contribution is 2.40. The number of benzene rings is 2. The van der Waals surface area contributed by atoms with Crippen LogP contribution in [0.2, 0.25) is 0 Å². The van der Waals surface area contributed by atoms with Crippen molar-refractivity contribution in [3.63, 3.8) is 0 Å². The van der Waals surface area contributed by atoms with Crippen LogP contribution < -0.4 is 15.5 Å². The van der Waals surface area contributed by atoms with E-state index in [1.165, 1.54) is 34.6 Å². The summed E-state index contributed by atoms with van der Waals surface area (Å²) in [6, 6.07) is 20.8. The second-order valence-electron chi connectivity index (χ2n) is 11.0. The summed E-state index contributed by atoms with van der Waals surface area (Å²) in [5, 5.41) is 1.78. The third-order valence-corrected chi connectivity index (χ3v) is 10.4. The second-order valence-corrected chi connectivity index (χ2v) is 13.7. The smallest absolute Gasteiger partial charge is 0.133 e. The van der Waals surface area contributed by atoms with Crippen LogP contribution in [0.4, 0.5) is 14.5 Å². The van der Waals surface area contributed by atoms with E-state index in [4.69, 9.17) is 9.38 Å². The van der Waals surface area contributed by atoms with Gasteiger partial charge in [-0.3, -0.25) is 4.98 Å². The number of fused-ring (bicyclic) bond motifs is 1. The summed E-state index contributed by atoms with van der Waals surface area (Å²) in [7, 11) is 3.79. The summed E-state index contributed by atoms with van der Waals surface area (Å²) in [6.45, 7) is 18.5. The molecule has 2 aromatic carbocycles. The van der Waals surface area contributed by atoms with E-state index in [1.807, 2.05) is 115 Å². The molecule has 3 heterocycles. The highest BCUT2D eigenvalue weighted by atomic mass is 32.2. The molecule has 3 nitrogen and oxygen atoms in total. The lowest BCUT2D eigenvalue weighted by atomic mass is 9.88. The first kappa shape index (κ1) is 37.0. The second kappa shape index (κ2) is 16.0. The van der Waals surface area contributed by atoms with E-state index in [-0.39, 0.29) is 11.6 Å². The van der Waals surface area contributed by atoms with Crippen LogP contribution in [0.15, 0.2) is 83.3 Å². The number of nitrogens with zero attached hydrogens (tertiary/aromatic N) is 3. The minimum absolute atomic E-state index is 0.235. The van der Waals surface area contributed by atoms with Crippen molar-refractivity contribution in [2.24, 2.45) is 4.40 Å². The number of rotatable bonds is 6. The van der Waals surface area contributed by atoms with Gasteiger partial charge in [0.1, 0.15) is 11.6 Å². The van der Waals surface area contributed by atoms with Gasteiger partial charge in [-0.05, 0) is 98.4 Å². The molecule has 0 bridgehead atoms. The Balaban J connectivity index is 0.00000125. The van der Waals surface area contributed by atoms with Crippen LogP contribution in [0.5, 0.6) is 0 Å². The number of aryl methyl sites for hydroxylation is 3. The molecule has 3 aromatic heterocycles. The molecule has 0 fully saturated rings. The zero-order chi connectivity index (χ0) is 35.3. The summed E-state index contributed by atoms with van der Waals surface area (Å²) in [4.78, 5) is 10.6. The van der Waals surface area contributed by atoms with Gasteiger partial charge in [0.25, 0.3) is 0 Å². The molecule has 6 rings (SSSR count). The summed E-state index contributed by atoms with van der Waals surface area (Å²) in [6.07, 6.45) is 1.92. The van der Waals surface area contributed by atoms with Gasteiger partial charge in [0, 0.05) is 84.3 Å². The summed E-state index contributed by atoms with van der Waals surface area (Å²) >= 11 is 4.41. The van der Waals surface area contributed by atoms with Crippen LogP contribution in [-0.2, 0) is 0 Å². The standard InChI is InChI=1S/C36H31F2N3S3.2C2H6/c1-19-8-10-24(27(37)16-19)29-12-14-31(43-29)33-21(3)35(40-42-7)34(36-26(33)17-20(2)22(4)39-36)32-15-13-30(44-32)25-11-9-23(41(5)6)18-28(25)38;2*1-2/h8-18H,3H2,1-2,4-7H3;2*1-2H3/b40-35+;;. The molecule has 0 saturated carbocycles. The van der Waals surface area contributed by atoms with E-state index in [1.54, 1.807) is 12.1 Å². The van der Waals surface area contributed by atoms with Gasteiger partial charge in [0.05, 0.1) is 11.1 Å². The lowest BCUT2D eigenvalue weighted by Crippen LogP contribution is -2.40. The third kappa shape index (κ3) is 7.26. The lowest BCUT2D eigenvalue weighted by molar-refractivity contribution is 0.630. The first-order valence-corrected chi connectivity index (χ1v) is 18.9. The van der Waals surface area contributed by atoms with Crippen molar-refractivity contribution in [1.29, 1.82) is 0 Å². The first-order chi connectivity index (χ1) is 23.1. The van der Waals surface area contributed by atoms with E-state index in [0.717, 1.165) is 75.0 Å². The van der Waals surface area contributed by atoms with Crippen LogP contribution in [0.1, 0.15) is 54.3 Å². The van der Waals surface area contributed by atoms with Gasteiger partial charge >= 0.3 is 0 Å². The Hall–Kier alpha value is -3.85. The summed E-state index contributed by atoms with van der Waals surface area (Å²) in [5.74, 6) is -0.499. The maximum atomic E-state index is 15.2. The predicted molar refractivity (Wildman–Crippen MR) is 209 cm³/mol. The Morgan fingerprint density at radius 2 is 1.27 bits per heavy atom. The molecule has 0 aliphatic heterocycles. The monoisotopic (exact) mass is 699 g/mol. The van der Waals surface area contributed by atoms with Crippen LogP contribution in [0, 0.1) is 32.4 Å². The molecule has 0 amide bonds. The fourth-order valence-electron chi connectivity index (χ4n) is 5.37. The zero-order valence-electron chi connectivity index (χ0n) is 29.4. The van der Waals surface area contributed by atoms with E-state index >= 15 is 4.39 Å². The van der Waals surface area contributed by atoms with Gasteiger partial charge in [0.15, 0.2) is 0 Å². The number of thiophene rings is 2. The Labute approximate surface area is 296 Å². The fraction of sp³-hybridized carbons (Fsp3) is 0.250. The predicted octanol–water partition coefficient (Wildman–Crippen LogP) is 10.5. The number of anilines is 1. The normalized spacial score (nSPS) is 13.1. The topological polar surface area (TPSA) is 28.5 Å². The van der Waals surface area contributed by atoms with Crippen molar-refractivity contribution in [3.8, 4) is 20.9 Å². The SMILES string of the molecule is C=C1C(c2ccc(-c3ccc(C)cc3F)s2)=c2cc(C)c(C)nc2=C(c2ccc(-c3ccc(N(C)C)cc3F)s2)/C1=N/SC.CC.CC. The molecule has 0 spiro atoms. The number of halogens is 2. The number of aromatic nitrogens is 1. The lowest BCUT2D eigenvalue weighted by Gasteiger charge is -2.21. The molecule has 0 saturated heterocycles. The largest absolute Gasteiger partial charge is 0.378 e. The highest BCUT2D eigenvalue weighted by molar-refractivity contribution is 7.97. The molecule has 250 valence electrons. The maximum Gasteiger partial charge on any atom is 0.133 e. The zero-order valence-corrected chi connectivity index (χ0v) is 31.8. The van der Waals surface area contributed by atoms with Crippen LogP contribution >= 0.6 is 34.6 Å². The van der Waals surface area contributed by atoms with Crippen LogP contribution in [-0.4, -0.2) is 31.0 Å². The van der Waals surface area contributed by atoms with Crippen molar-refractivity contribution < 1.29 is 8.78 Å². The molecular weight excluding hydrogens is 657 g/mol. The molecule has 1 aliphatic carbocycles. The molecule has 0 N–H and O–H groups in total. The number of allylic oxidation sites excluding steroid dienone is 1. The number of hydrogen-bond acceptors (Lipinski definition) is 6. The van der Waals surface area contributed by atoms with Crippen molar-refractivity contribution >= 4 is 57.2 Å². The minimum atomic E-state index is -0.264. The molecule has 0 atom stereocenters. The third-order valence-electron chi connectivity index (χ3n) is 7.81. The quantitative estimate of drug-likeness (QED) is 0.165. The van der Waals surface area contributed by atoms with Gasteiger partial charge in [-0.2, -0.15) is 0 Å². The van der Waals surface area contributed by atoms with Crippen molar-refractivity contribution in [1.82, 2.24) is 4.98 Å². The van der Waals surface area contributed by atoms with E-state index in [9.17, 15) is 4.39 Å². The Kier molecular flexibility index (Phi) is 12.4. The van der Waals surface area contributed by atoms with Crippen molar-refractivity contribution in [2.45, 2.75) is 48.5 Å². The maximum absolute atomic E-state index is 15.2. The van der Waals surface area contributed by atoms with Crippen molar-refractivity contribution in [3.05, 3.63) is 128 Å². The molecular formula is C40H43F2N3S3. The minimum Gasteiger partial charge on any atom is -0.378 e. The summed E-state index contributed by atoms with van der Waals surface area (Å²) in [5.41, 5.74) is 8.16. The molecule has 1 aliphatic rings. The van der Waals surface area contributed by atoms with E-state index in [0.29, 0.717) is 11.1 Å². The van der Waals surface area contributed by atoms with Crippen LogP contribution in [0.25, 0.3) is 32.0 Å². The molecule has 0 radical (unpaired) electrons. The van der Waals surface area contributed by atoms with Gasteiger partial charge in [0.2, 0.25) is 0 Å². The Morgan fingerprint density at radius 3 is 1.81 bits per heavy atom. The van der Waals surface area contributed by atoms with E-state index < -0.39 is 0 Å². The van der Waals surface area contributed by atoms with Gasteiger partial charge in [-0.15, -0.1) is 22.7 Å². The highest BCUT2D eigenvalue weighted by Gasteiger charge is 2.28. The van der Waals surface area contributed by atoms with Gasteiger partial charge in [-0.25, -0.2) is 13.2 Å². The van der Waals surface area contributed by atoms with Crippen molar-refractivity contribution in [2.75, 3.05) is 25.3 Å². The molecule has 48 heavy (non-hydrogen) atoms. The molecule has 0 unspecified atom stereocenters. The first-order valence-electron chi connectivity index (χ1n) is 16.1. The fourth-order valence-corrected chi connectivity index (χ4v) is 7.96. The average molecular weight is 700 g/mol.